The van der Waals surface area contributed by atoms with Crippen LogP contribution in [-0.4, -0.2) is 49.3 Å². The Morgan fingerprint density at radius 1 is 0.603 bits per heavy atom. The van der Waals surface area contributed by atoms with E-state index >= 15 is 0 Å². The molecule has 0 aliphatic carbocycles. The van der Waals surface area contributed by atoms with Crippen LogP contribution in [0.15, 0.2) is 122 Å². The Balaban J connectivity index is 0.000000177. The molecular weight excluding hydrogens is 725 g/mol. The molecule has 0 fully saturated rings. The van der Waals surface area contributed by atoms with Crippen LogP contribution in [0.25, 0.3) is 22.3 Å². The highest BCUT2D eigenvalue weighted by molar-refractivity contribution is 5.91. The van der Waals surface area contributed by atoms with Crippen LogP contribution in [0.1, 0.15) is 91.6 Å². The molecule has 2 aromatic heterocycles. The number of methoxy groups -OCH3 is 2. The predicted molar refractivity (Wildman–Crippen MR) is 227 cm³/mol. The average molecular weight is 775 g/mol. The number of fused-ring (bicyclic) bond motifs is 2. The molecule has 0 saturated carbocycles. The fourth-order valence-electron chi connectivity index (χ4n) is 8.19. The monoisotopic (exact) mass is 774 g/mol. The van der Waals surface area contributed by atoms with Crippen molar-refractivity contribution in [3.05, 3.63) is 166 Å². The fourth-order valence-corrected chi connectivity index (χ4v) is 8.19. The Morgan fingerprint density at radius 3 is 1.45 bits per heavy atom. The number of ether oxygens (including phenoxy) is 4. The van der Waals surface area contributed by atoms with Gasteiger partial charge in [0.15, 0.2) is 0 Å². The summed E-state index contributed by atoms with van der Waals surface area (Å²) in [5.74, 6) is 2.13. The molecule has 6 aromatic rings. The molecule has 0 unspecified atom stereocenters. The number of carbonyl (C=O) groups is 2. The maximum atomic E-state index is 12.0. The maximum absolute atomic E-state index is 12.0. The quantitative estimate of drug-likeness (QED) is 0.127. The first-order chi connectivity index (χ1) is 28.3. The minimum absolute atomic E-state index is 0.308. The summed E-state index contributed by atoms with van der Waals surface area (Å²) < 4.78 is 21.8. The topological polar surface area (TPSA) is 96.8 Å². The minimum Gasteiger partial charge on any atom is -0.493 e. The average Bonchev–Trinajstić information content (AvgIpc) is 3.27. The van der Waals surface area contributed by atoms with Gasteiger partial charge in [0.1, 0.15) is 11.5 Å². The molecule has 8 rings (SSSR count). The van der Waals surface area contributed by atoms with Crippen molar-refractivity contribution in [3.8, 4) is 33.8 Å². The van der Waals surface area contributed by atoms with E-state index in [0.29, 0.717) is 36.2 Å². The van der Waals surface area contributed by atoms with Gasteiger partial charge in [-0.15, -0.1) is 0 Å². The van der Waals surface area contributed by atoms with Crippen LogP contribution in [0.2, 0.25) is 0 Å². The Hall–Kier alpha value is -6.28. The molecule has 0 saturated heterocycles. The van der Waals surface area contributed by atoms with Gasteiger partial charge in [-0.05, 0) is 144 Å². The Morgan fingerprint density at radius 2 is 1.03 bits per heavy atom. The number of aryl methyl sites for hydroxylation is 4. The van der Waals surface area contributed by atoms with E-state index in [1.807, 2.05) is 0 Å². The van der Waals surface area contributed by atoms with Crippen LogP contribution >= 0.6 is 0 Å². The smallest absolute Gasteiger partial charge is 0.338 e. The molecule has 2 aliphatic rings. The molecule has 4 heterocycles. The summed E-state index contributed by atoms with van der Waals surface area (Å²) in [4.78, 5) is 32.4. The fraction of sp³-hybridized carbons (Fsp3) is 0.280. The highest BCUT2D eigenvalue weighted by atomic mass is 16.5. The van der Waals surface area contributed by atoms with Gasteiger partial charge in [0, 0.05) is 24.8 Å². The van der Waals surface area contributed by atoms with Crippen LogP contribution in [0.5, 0.6) is 11.5 Å². The number of aromatic nitrogens is 2. The van der Waals surface area contributed by atoms with Crippen molar-refractivity contribution in [1.82, 2.24) is 9.97 Å². The standard InChI is InChI=1S/2C25H25NO3/c2*1-17-5-3-4-6-21(17)19-9-10-22-18(12-14-29-24(22)15-19)7-8-20-16-26-13-11-23(20)25(27)28-2/h2*3-6,9-11,13,15-16,18H,7-8,12,14H2,1-2H3/t2*18-/m10/s1. The Kier molecular flexibility index (Phi) is 12.9. The lowest BCUT2D eigenvalue weighted by atomic mass is 9.86. The summed E-state index contributed by atoms with van der Waals surface area (Å²) in [5, 5.41) is 0. The summed E-state index contributed by atoms with van der Waals surface area (Å²) in [6.45, 7) is 5.69. The van der Waals surface area contributed by atoms with Crippen molar-refractivity contribution >= 4 is 11.9 Å². The number of benzene rings is 4. The zero-order chi connectivity index (χ0) is 40.4. The molecule has 2 aliphatic heterocycles. The SMILES string of the molecule is COC(=O)c1ccncc1CC[C@@H]1CCOc2cc(-c3ccccc3C)ccc21.COC(=O)c1ccncc1CC[C@H]1CCOc2cc(-c3ccccc3C)ccc21. The highest BCUT2D eigenvalue weighted by Gasteiger charge is 2.25. The van der Waals surface area contributed by atoms with E-state index in [2.05, 4.69) is 109 Å². The Labute approximate surface area is 341 Å². The first kappa shape index (κ1) is 39.9. The van der Waals surface area contributed by atoms with Crippen molar-refractivity contribution < 1.29 is 28.5 Å². The van der Waals surface area contributed by atoms with E-state index in [-0.39, 0.29) is 11.9 Å². The summed E-state index contributed by atoms with van der Waals surface area (Å²) >= 11 is 0. The van der Waals surface area contributed by atoms with Gasteiger partial charge in [-0.1, -0.05) is 72.8 Å². The van der Waals surface area contributed by atoms with Crippen LogP contribution in [0.4, 0.5) is 0 Å². The molecule has 4 aromatic carbocycles. The van der Waals surface area contributed by atoms with E-state index in [1.165, 1.54) is 58.7 Å². The van der Waals surface area contributed by atoms with Gasteiger partial charge in [-0.2, -0.15) is 0 Å². The van der Waals surface area contributed by atoms with Crippen LogP contribution in [0.3, 0.4) is 0 Å². The predicted octanol–water partition coefficient (Wildman–Crippen LogP) is 10.7. The largest absolute Gasteiger partial charge is 0.493 e. The van der Waals surface area contributed by atoms with E-state index in [4.69, 9.17) is 18.9 Å². The third kappa shape index (κ3) is 9.13. The van der Waals surface area contributed by atoms with Crippen LogP contribution in [0, 0.1) is 13.8 Å². The lowest BCUT2D eigenvalue weighted by Gasteiger charge is -2.27. The zero-order valence-corrected chi connectivity index (χ0v) is 33.7. The summed E-state index contributed by atoms with van der Waals surface area (Å²) in [6, 6.07) is 33.4. The number of hydrogen-bond acceptors (Lipinski definition) is 8. The van der Waals surface area contributed by atoms with E-state index in [0.717, 1.165) is 61.2 Å². The number of carbonyl (C=O) groups excluding carboxylic acids is 2. The molecule has 0 spiro atoms. The molecule has 0 bridgehead atoms. The van der Waals surface area contributed by atoms with E-state index in [9.17, 15) is 9.59 Å². The summed E-state index contributed by atoms with van der Waals surface area (Å²) in [6.07, 6.45) is 12.2. The van der Waals surface area contributed by atoms with Crippen molar-refractivity contribution in [3.63, 3.8) is 0 Å². The number of rotatable bonds is 10. The van der Waals surface area contributed by atoms with Crippen LogP contribution in [-0.2, 0) is 22.3 Å². The molecule has 0 N–H and O–H groups in total. The van der Waals surface area contributed by atoms with Gasteiger partial charge in [-0.3, -0.25) is 9.97 Å². The molecule has 58 heavy (non-hydrogen) atoms. The number of nitrogens with zero attached hydrogens (tertiary/aromatic N) is 2. The van der Waals surface area contributed by atoms with Gasteiger partial charge in [0.05, 0.1) is 38.6 Å². The maximum Gasteiger partial charge on any atom is 0.338 e. The first-order valence-electron chi connectivity index (χ1n) is 20.0. The van der Waals surface area contributed by atoms with Gasteiger partial charge < -0.3 is 18.9 Å². The third-order valence-corrected chi connectivity index (χ3v) is 11.4. The summed E-state index contributed by atoms with van der Waals surface area (Å²) in [5.41, 5.74) is 12.9. The second-order valence-electron chi connectivity index (χ2n) is 14.9. The number of esters is 2. The van der Waals surface area contributed by atoms with Crippen molar-refractivity contribution in [2.24, 2.45) is 0 Å². The van der Waals surface area contributed by atoms with Crippen LogP contribution < -0.4 is 9.47 Å². The van der Waals surface area contributed by atoms with Gasteiger partial charge >= 0.3 is 11.9 Å². The minimum atomic E-state index is -0.308. The lowest BCUT2D eigenvalue weighted by molar-refractivity contribution is 0.0590. The Bertz CT molecular complexity index is 2220. The molecule has 0 amide bonds. The number of pyridine rings is 2. The van der Waals surface area contributed by atoms with Gasteiger partial charge in [-0.25, -0.2) is 9.59 Å². The van der Waals surface area contributed by atoms with E-state index in [1.54, 1.807) is 36.9 Å². The second kappa shape index (κ2) is 18.8. The number of hydrogen-bond donors (Lipinski definition) is 0. The summed E-state index contributed by atoms with van der Waals surface area (Å²) in [7, 11) is 2.82. The molecule has 8 heteroatoms. The van der Waals surface area contributed by atoms with Crippen molar-refractivity contribution in [2.75, 3.05) is 27.4 Å². The lowest BCUT2D eigenvalue weighted by Crippen LogP contribution is -2.15. The molecule has 296 valence electrons. The highest BCUT2D eigenvalue weighted by Crippen LogP contribution is 2.41. The third-order valence-electron chi connectivity index (χ3n) is 11.4. The van der Waals surface area contributed by atoms with Crippen molar-refractivity contribution in [1.29, 1.82) is 0 Å². The molecule has 0 radical (unpaired) electrons. The van der Waals surface area contributed by atoms with Gasteiger partial charge in [0.2, 0.25) is 0 Å². The van der Waals surface area contributed by atoms with Crippen molar-refractivity contribution in [2.45, 2.75) is 64.2 Å². The zero-order valence-electron chi connectivity index (χ0n) is 33.7. The first-order valence-corrected chi connectivity index (χ1v) is 20.0. The van der Waals surface area contributed by atoms with Gasteiger partial charge in [0.25, 0.3) is 0 Å². The molecule has 8 nitrogen and oxygen atoms in total. The second-order valence-corrected chi connectivity index (χ2v) is 14.9. The van der Waals surface area contributed by atoms with E-state index < -0.39 is 0 Å². The normalized spacial score (nSPS) is 15.3. The molecular formula is C50H50N2O6. The molecule has 2 atom stereocenters.